The number of hydrogen-bond donors (Lipinski definition) is 2. The van der Waals surface area contributed by atoms with E-state index in [4.69, 9.17) is 0 Å². The van der Waals surface area contributed by atoms with E-state index in [1.165, 1.54) is 11.1 Å². The molecule has 3 aromatic rings. The largest absolute Gasteiger partial charge is 0.355 e. The molecule has 0 unspecified atom stereocenters. The first-order chi connectivity index (χ1) is 12.1. The Morgan fingerprint density at radius 2 is 1.84 bits per heavy atom. The summed E-state index contributed by atoms with van der Waals surface area (Å²) in [5, 5.41) is 6.16. The average molecular weight is 332 g/mol. The first-order valence-corrected chi connectivity index (χ1v) is 8.09. The van der Waals surface area contributed by atoms with E-state index in [1.54, 1.807) is 24.7 Å². The monoisotopic (exact) mass is 332 g/mol. The topological polar surface area (TPSA) is 66.9 Å². The van der Waals surface area contributed by atoms with Crippen LogP contribution in [0.3, 0.4) is 0 Å². The fourth-order valence-electron chi connectivity index (χ4n) is 2.39. The second-order valence-corrected chi connectivity index (χ2v) is 5.90. The van der Waals surface area contributed by atoms with Crippen molar-refractivity contribution in [2.45, 2.75) is 20.4 Å². The van der Waals surface area contributed by atoms with Crippen LogP contribution in [0, 0.1) is 13.8 Å². The van der Waals surface area contributed by atoms with Crippen LogP contribution in [0.15, 0.2) is 61.1 Å². The summed E-state index contributed by atoms with van der Waals surface area (Å²) in [4.78, 5) is 20.5. The predicted octanol–water partition coefficient (Wildman–Crippen LogP) is 3.77. The molecule has 5 heteroatoms. The van der Waals surface area contributed by atoms with Crippen LogP contribution < -0.4 is 10.6 Å². The van der Waals surface area contributed by atoms with Crippen molar-refractivity contribution in [1.82, 2.24) is 15.3 Å². The van der Waals surface area contributed by atoms with E-state index in [0.29, 0.717) is 12.2 Å². The van der Waals surface area contributed by atoms with Crippen molar-refractivity contribution < 1.29 is 4.79 Å². The van der Waals surface area contributed by atoms with Crippen molar-refractivity contribution in [3.05, 3.63) is 83.4 Å². The van der Waals surface area contributed by atoms with Crippen LogP contribution in [0.2, 0.25) is 0 Å². The molecule has 0 fully saturated rings. The van der Waals surface area contributed by atoms with E-state index in [9.17, 15) is 4.79 Å². The van der Waals surface area contributed by atoms with Gasteiger partial charge in [-0.3, -0.25) is 14.8 Å². The molecule has 25 heavy (non-hydrogen) atoms. The molecule has 1 aromatic carbocycles. The molecule has 5 nitrogen and oxygen atoms in total. The molecule has 0 aliphatic heterocycles. The fourth-order valence-corrected chi connectivity index (χ4v) is 2.39. The van der Waals surface area contributed by atoms with Gasteiger partial charge in [-0.15, -0.1) is 0 Å². The molecule has 0 atom stereocenters. The number of anilines is 2. The van der Waals surface area contributed by atoms with Crippen molar-refractivity contribution in [3.8, 4) is 0 Å². The number of carbonyl (C=O) groups is 1. The van der Waals surface area contributed by atoms with E-state index in [1.807, 2.05) is 24.3 Å². The highest BCUT2D eigenvalue weighted by atomic mass is 16.1. The number of pyridine rings is 2. The van der Waals surface area contributed by atoms with Crippen LogP contribution in [0.1, 0.15) is 27.2 Å². The molecule has 2 aromatic heterocycles. The molecule has 0 aliphatic carbocycles. The molecule has 0 radical (unpaired) electrons. The van der Waals surface area contributed by atoms with Gasteiger partial charge in [-0.1, -0.05) is 12.1 Å². The van der Waals surface area contributed by atoms with E-state index in [-0.39, 0.29) is 5.91 Å². The molecular weight excluding hydrogens is 312 g/mol. The molecule has 0 bridgehead atoms. The van der Waals surface area contributed by atoms with Gasteiger partial charge in [-0.05, 0) is 60.9 Å². The molecule has 0 saturated heterocycles. The van der Waals surface area contributed by atoms with Crippen LogP contribution >= 0.6 is 0 Å². The lowest BCUT2D eigenvalue weighted by atomic mass is 10.1. The Kier molecular flexibility index (Phi) is 5.04. The summed E-state index contributed by atoms with van der Waals surface area (Å²) in [7, 11) is 0. The number of nitrogens with zero attached hydrogens (tertiary/aromatic N) is 2. The molecule has 0 saturated carbocycles. The maximum absolute atomic E-state index is 12.3. The smallest absolute Gasteiger partial charge is 0.270 e. The lowest BCUT2D eigenvalue weighted by Crippen LogP contribution is -2.23. The Morgan fingerprint density at radius 3 is 2.60 bits per heavy atom. The number of aromatic nitrogens is 2. The zero-order valence-corrected chi connectivity index (χ0v) is 14.3. The normalized spacial score (nSPS) is 10.3. The van der Waals surface area contributed by atoms with Crippen LogP contribution in [0.5, 0.6) is 0 Å². The Hall–Kier alpha value is -3.21. The predicted molar refractivity (Wildman–Crippen MR) is 98.8 cm³/mol. The van der Waals surface area contributed by atoms with Crippen LogP contribution in [-0.4, -0.2) is 15.9 Å². The molecule has 2 N–H and O–H groups in total. The summed E-state index contributed by atoms with van der Waals surface area (Å²) in [6.45, 7) is 4.57. The van der Waals surface area contributed by atoms with E-state index in [0.717, 1.165) is 16.9 Å². The van der Waals surface area contributed by atoms with E-state index in [2.05, 4.69) is 46.6 Å². The standard InChI is InChI=1S/C20H20N4O/c1-14-5-6-17(10-15(14)2)24-18-7-9-22-19(11-18)20(25)23-13-16-4-3-8-21-12-16/h3-12H,13H2,1-2H3,(H,22,24)(H,23,25). The number of carbonyl (C=O) groups excluding carboxylic acids is 1. The lowest BCUT2D eigenvalue weighted by molar-refractivity contribution is 0.0946. The van der Waals surface area contributed by atoms with Gasteiger partial charge < -0.3 is 10.6 Å². The number of hydrogen-bond acceptors (Lipinski definition) is 4. The van der Waals surface area contributed by atoms with Crippen molar-refractivity contribution in [2.75, 3.05) is 5.32 Å². The van der Waals surface area contributed by atoms with Crippen LogP contribution in [0.25, 0.3) is 0 Å². The number of nitrogens with one attached hydrogen (secondary N) is 2. The zero-order chi connectivity index (χ0) is 17.6. The van der Waals surface area contributed by atoms with Gasteiger partial charge in [0.1, 0.15) is 5.69 Å². The highest BCUT2D eigenvalue weighted by Crippen LogP contribution is 2.19. The summed E-state index contributed by atoms with van der Waals surface area (Å²) in [6, 6.07) is 13.5. The van der Waals surface area contributed by atoms with Gasteiger partial charge in [0.05, 0.1) is 0 Å². The number of aryl methyl sites for hydroxylation is 2. The maximum atomic E-state index is 12.3. The molecular formula is C20H20N4O. The highest BCUT2D eigenvalue weighted by molar-refractivity contribution is 5.93. The summed E-state index contributed by atoms with van der Waals surface area (Å²) >= 11 is 0. The SMILES string of the molecule is Cc1ccc(Nc2ccnc(C(=O)NCc3cccnc3)c2)cc1C. The van der Waals surface area contributed by atoms with Gasteiger partial charge in [-0.25, -0.2) is 0 Å². The summed E-state index contributed by atoms with van der Waals surface area (Å²) in [6.07, 6.45) is 5.06. The fraction of sp³-hybridized carbons (Fsp3) is 0.150. The van der Waals surface area contributed by atoms with Gasteiger partial charge in [0.25, 0.3) is 5.91 Å². The summed E-state index contributed by atoms with van der Waals surface area (Å²) in [5.41, 5.74) is 5.59. The zero-order valence-electron chi connectivity index (χ0n) is 14.3. The first kappa shape index (κ1) is 16.6. The Bertz CT molecular complexity index is 878. The van der Waals surface area contributed by atoms with Crippen molar-refractivity contribution in [1.29, 1.82) is 0 Å². The van der Waals surface area contributed by atoms with Crippen molar-refractivity contribution in [2.24, 2.45) is 0 Å². The van der Waals surface area contributed by atoms with Gasteiger partial charge >= 0.3 is 0 Å². The Balaban J connectivity index is 1.68. The second kappa shape index (κ2) is 7.57. The molecule has 0 spiro atoms. The minimum absolute atomic E-state index is 0.215. The van der Waals surface area contributed by atoms with Crippen LogP contribution in [-0.2, 0) is 6.54 Å². The van der Waals surface area contributed by atoms with Crippen molar-refractivity contribution >= 4 is 17.3 Å². The molecule has 0 aliphatic rings. The average Bonchev–Trinajstić information content (AvgIpc) is 2.64. The van der Waals surface area contributed by atoms with E-state index >= 15 is 0 Å². The summed E-state index contributed by atoms with van der Waals surface area (Å²) < 4.78 is 0. The first-order valence-electron chi connectivity index (χ1n) is 8.09. The number of rotatable bonds is 5. The van der Waals surface area contributed by atoms with E-state index < -0.39 is 0 Å². The van der Waals surface area contributed by atoms with Gasteiger partial charge in [0.15, 0.2) is 0 Å². The van der Waals surface area contributed by atoms with Crippen molar-refractivity contribution in [3.63, 3.8) is 0 Å². The summed E-state index contributed by atoms with van der Waals surface area (Å²) in [5.74, 6) is -0.215. The third kappa shape index (κ3) is 4.41. The number of benzene rings is 1. The minimum Gasteiger partial charge on any atom is -0.355 e. The number of amides is 1. The van der Waals surface area contributed by atoms with Gasteiger partial charge in [0.2, 0.25) is 0 Å². The second-order valence-electron chi connectivity index (χ2n) is 5.90. The minimum atomic E-state index is -0.215. The highest BCUT2D eigenvalue weighted by Gasteiger charge is 2.08. The quantitative estimate of drug-likeness (QED) is 0.746. The molecule has 126 valence electrons. The third-order valence-corrected chi connectivity index (χ3v) is 3.96. The molecule has 1 amide bonds. The van der Waals surface area contributed by atoms with Gasteiger partial charge in [0, 0.05) is 36.5 Å². The molecule has 3 rings (SSSR count). The Morgan fingerprint density at radius 1 is 1.00 bits per heavy atom. The molecule has 2 heterocycles. The lowest BCUT2D eigenvalue weighted by Gasteiger charge is -2.10. The maximum Gasteiger partial charge on any atom is 0.270 e. The Labute approximate surface area is 147 Å². The van der Waals surface area contributed by atoms with Gasteiger partial charge in [-0.2, -0.15) is 0 Å². The third-order valence-electron chi connectivity index (χ3n) is 3.96. The van der Waals surface area contributed by atoms with Crippen LogP contribution in [0.4, 0.5) is 11.4 Å².